The van der Waals surface area contributed by atoms with Crippen LogP contribution in [0, 0.1) is 0 Å². The van der Waals surface area contributed by atoms with E-state index in [-0.39, 0.29) is 23.5 Å². The van der Waals surface area contributed by atoms with Gasteiger partial charge in [0.15, 0.2) is 0 Å². The van der Waals surface area contributed by atoms with Crippen LogP contribution in [-0.2, 0) is 0 Å². The average molecular weight is 183 g/mol. The number of ketones is 1. The number of carbonyl (C=O) groups is 1. The summed E-state index contributed by atoms with van der Waals surface area (Å²) < 4.78 is 9.24. The quantitative estimate of drug-likeness (QED) is 0.592. The summed E-state index contributed by atoms with van der Waals surface area (Å²) in [5.41, 5.74) is 5.22. The van der Waals surface area contributed by atoms with Gasteiger partial charge in [-0.2, -0.15) is 0 Å². The third-order valence-corrected chi connectivity index (χ3v) is 1.50. The molecular weight excluding hydrogens is 178 g/mol. The number of oxazole rings is 1. The molecule has 0 radical (unpaired) electrons. The molecular formula is C6H5N3O4. The molecule has 13 heavy (non-hydrogen) atoms. The van der Waals surface area contributed by atoms with E-state index in [0.717, 1.165) is 0 Å². The molecule has 0 atom stereocenters. The van der Waals surface area contributed by atoms with Crippen molar-refractivity contribution in [3.05, 3.63) is 16.3 Å². The first-order chi connectivity index (χ1) is 6.22. The lowest BCUT2D eigenvalue weighted by Crippen LogP contribution is -2.12. The predicted octanol–water partition coefficient (Wildman–Crippen LogP) is -0.750. The van der Waals surface area contributed by atoms with Crippen molar-refractivity contribution < 1.29 is 13.7 Å². The molecule has 2 aromatic heterocycles. The number of aromatic amines is 1. The Morgan fingerprint density at radius 1 is 1.62 bits per heavy atom. The molecule has 7 heteroatoms. The van der Waals surface area contributed by atoms with E-state index in [1.165, 1.54) is 0 Å². The van der Waals surface area contributed by atoms with E-state index in [4.69, 9.17) is 5.73 Å². The highest BCUT2D eigenvalue weighted by Crippen LogP contribution is 2.14. The number of aromatic nitrogens is 2. The Kier molecular flexibility index (Phi) is 1.52. The van der Waals surface area contributed by atoms with Crippen molar-refractivity contribution in [1.29, 1.82) is 0 Å². The summed E-state index contributed by atoms with van der Waals surface area (Å²) in [6, 6.07) is 0. The van der Waals surface area contributed by atoms with Gasteiger partial charge in [0.05, 0.1) is 6.54 Å². The first kappa shape index (κ1) is 7.74. The van der Waals surface area contributed by atoms with Gasteiger partial charge in [-0.25, -0.2) is 4.79 Å². The molecule has 2 aromatic rings. The van der Waals surface area contributed by atoms with Gasteiger partial charge in [-0.1, -0.05) is 5.16 Å². The van der Waals surface area contributed by atoms with Crippen molar-refractivity contribution in [1.82, 2.24) is 10.1 Å². The Morgan fingerprint density at radius 3 is 3.08 bits per heavy atom. The largest absolute Gasteiger partial charge is 0.418 e. The van der Waals surface area contributed by atoms with Crippen LogP contribution < -0.4 is 11.5 Å². The van der Waals surface area contributed by atoms with Crippen molar-refractivity contribution in [3.8, 4) is 0 Å². The third-order valence-electron chi connectivity index (χ3n) is 1.50. The summed E-state index contributed by atoms with van der Waals surface area (Å²) in [5, 5.41) is 3.41. The topological polar surface area (TPSA) is 115 Å². The lowest BCUT2D eigenvalue weighted by molar-refractivity contribution is 0.0967. The van der Waals surface area contributed by atoms with Crippen LogP contribution in [-0.4, -0.2) is 22.5 Å². The molecule has 2 rings (SSSR count). The maximum absolute atomic E-state index is 11.1. The molecule has 0 spiro atoms. The van der Waals surface area contributed by atoms with Crippen LogP contribution in [0.1, 0.15) is 10.6 Å². The van der Waals surface area contributed by atoms with Crippen molar-refractivity contribution in [2.45, 2.75) is 0 Å². The smallest absolute Gasteiger partial charge is 0.402 e. The van der Waals surface area contributed by atoms with Gasteiger partial charge in [-0.3, -0.25) is 9.78 Å². The number of nitrogens with zero attached hydrogens (tertiary/aromatic N) is 1. The van der Waals surface area contributed by atoms with Crippen LogP contribution in [0.15, 0.2) is 13.7 Å². The zero-order valence-electron chi connectivity index (χ0n) is 6.36. The number of Topliss-reactive ketones (excluding diaryl/α,β-unsaturated/α-hetero) is 1. The van der Waals surface area contributed by atoms with Crippen LogP contribution >= 0.6 is 0 Å². The molecule has 2 heterocycles. The minimum Gasteiger partial charge on any atom is -0.402 e. The Hall–Kier alpha value is -1.89. The zero-order valence-corrected chi connectivity index (χ0v) is 6.36. The second kappa shape index (κ2) is 2.56. The van der Waals surface area contributed by atoms with Crippen LogP contribution in [0.5, 0.6) is 0 Å². The van der Waals surface area contributed by atoms with Gasteiger partial charge < -0.3 is 14.7 Å². The van der Waals surface area contributed by atoms with Crippen molar-refractivity contribution in [2.75, 3.05) is 6.54 Å². The summed E-state index contributed by atoms with van der Waals surface area (Å²) in [6.45, 7) is -0.223. The maximum atomic E-state index is 11.1. The van der Waals surface area contributed by atoms with Crippen molar-refractivity contribution in [3.63, 3.8) is 0 Å². The average Bonchev–Trinajstić information content (AvgIpc) is 2.61. The Balaban J connectivity index is 2.69. The van der Waals surface area contributed by atoms with Crippen molar-refractivity contribution in [2.24, 2.45) is 5.73 Å². The van der Waals surface area contributed by atoms with Gasteiger partial charge in [0.25, 0.3) is 0 Å². The molecule has 0 aliphatic rings. The highest BCUT2D eigenvalue weighted by atomic mass is 16.5. The second-order valence-corrected chi connectivity index (χ2v) is 2.33. The molecule has 0 saturated carbocycles. The number of carbonyl (C=O) groups excluding carboxylic acids is 1. The van der Waals surface area contributed by atoms with Gasteiger partial charge >= 0.3 is 5.76 Å². The van der Waals surface area contributed by atoms with E-state index in [0.29, 0.717) is 0 Å². The summed E-state index contributed by atoms with van der Waals surface area (Å²) in [7, 11) is 0. The van der Waals surface area contributed by atoms with E-state index < -0.39 is 11.5 Å². The van der Waals surface area contributed by atoms with Gasteiger partial charge in [0.2, 0.25) is 22.8 Å². The van der Waals surface area contributed by atoms with Gasteiger partial charge in [0.1, 0.15) is 0 Å². The van der Waals surface area contributed by atoms with E-state index in [9.17, 15) is 9.59 Å². The number of fused-ring (bicyclic) bond motifs is 1. The zero-order chi connectivity index (χ0) is 9.42. The number of nitrogens with one attached hydrogen (secondary N) is 1. The van der Waals surface area contributed by atoms with Crippen LogP contribution in [0.25, 0.3) is 11.2 Å². The number of nitrogens with two attached hydrogens (primary N) is 1. The Morgan fingerprint density at radius 2 is 2.38 bits per heavy atom. The molecule has 0 amide bonds. The standard InChI is InChI=1S/C6H5N3O4/c7-1-2(10)3-4-5(9-13-3)8-6(11)12-4/h1,7H2,(H,8,9,11). The molecule has 0 aliphatic carbocycles. The maximum Gasteiger partial charge on any atom is 0.418 e. The van der Waals surface area contributed by atoms with Crippen LogP contribution in [0.2, 0.25) is 0 Å². The molecule has 68 valence electrons. The fourth-order valence-electron chi connectivity index (χ4n) is 0.941. The summed E-state index contributed by atoms with van der Waals surface area (Å²) in [5.74, 6) is -1.28. The molecule has 0 aromatic carbocycles. The minimum absolute atomic E-state index is 0.0143. The van der Waals surface area contributed by atoms with Gasteiger partial charge in [-0.05, 0) is 0 Å². The number of hydrogen-bond acceptors (Lipinski definition) is 6. The molecule has 3 N–H and O–H groups in total. The molecule has 0 unspecified atom stereocenters. The summed E-state index contributed by atoms with van der Waals surface area (Å²) >= 11 is 0. The molecule has 7 nitrogen and oxygen atoms in total. The highest BCUT2D eigenvalue weighted by Gasteiger charge is 2.19. The SMILES string of the molecule is NCC(=O)c1onc2[nH]c(=O)oc12. The summed E-state index contributed by atoms with van der Waals surface area (Å²) in [6.07, 6.45) is 0. The van der Waals surface area contributed by atoms with Crippen LogP contribution in [0.3, 0.4) is 0 Å². The first-order valence-electron chi connectivity index (χ1n) is 3.44. The lowest BCUT2D eigenvalue weighted by atomic mass is 10.3. The van der Waals surface area contributed by atoms with Crippen LogP contribution in [0.4, 0.5) is 0 Å². The van der Waals surface area contributed by atoms with E-state index in [1.807, 2.05) is 0 Å². The molecule has 0 aliphatic heterocycles. The monoisotopic (exact) mass is 183 g/mol. The number of H-pyrrole nitrogens is 1. The van der Waals surface area contributed by atoms with E-state index in [2.05, 4.69) is 19.1 Å². The Labute approximate surface area is 70.5 Å². The fraction of sp³-hybridized carbons (Fsp3) is 0.167. The van der Waals surface area contributed by atoms with Crippen molar-refractivity contribution >= 4 is 17.0 Å². The second-order valence-electron chi connectivity index (χ2n) is 2.33. The van der Waals surface area contributed by atoms with Gasteiger partial charge in [-0.15, -0.1) is 0 Å². The first-order valence-corrected chi connectivity index (χ1v) is 3.44. The summed E-state index contributed by atoms with van der Waals surface area (Å²) in [4.78, 5) is 24.0. The number of rotatable bonds is 2. The molecule has 0 bridgehead atoms. The number of hydrogen-bond donors (Lipinski definition) is 2. The predicted molar refractivity (Wildman–Crippen MR) is 40.3 cm³/mol. The third kappa shape index (κ3) is 1.05. The molecule has 0 fully saturated rings. The fourth-order valence-corrected chi connectivity index (χ4v) is 0.941. The molecule has 0 saturated heterocycles. The minimum atomic E-state index is -0.681. The Bertz CT molecular complexity index is 505. The highest BCUT2D eigenvalue weighted by molar-refractivity contribution is 6.02. The van der Waals surface area contributed by atoms with E-state index in [1.54, 1.807) is 0 Å². The van der Waals surface area contributed by atoms with E-state index >= 15 is 0 Å². The van der Waals surface area contributed by atoms with Gasteiger partial charge in [0, 0.05) is 0 Å². The lowest BCUT2D eigenvalue weighted by Gasteiger charge is -1.85. The normalized spacial score (nSPS) is 10.8.